The normalized spacial score (nSPS) is 23.5. The van der Waals surface area contributed by atoms with Crippen LogP contribution in [-0.4, -0.2) is 51.4 Å². The van der Waals surface area contributed by atoms with Crippen LogP contribution in [0.15, 0.2) is 47.4 Å². The summed E-state index contributed by atoms with van der Waals surface area (Å²) < 4.78 is 33.6. The van der Waals surface area contributed by atoms with Gasteiger partial charge in [-0.3, -0.25) is 4.79 Å². The number of methoxy groups -OCH3 is 1. The number of hydrazine groups is 1. The molecule has 3 aliphatic heterocycles. The summed E-state index contributed by atoms with van der Waals surface area (Å²) in [5.41, 5.74) is 9.32. The van der Waals surface area contributed by atoms with Gasteiger partial charge in [0, 0.05) is 31.4 Å². The van der Waals surface area contributed by atoms with E-state index in [-0.39, 0.29) is 22.9 Å². The van der Waals surface area contributed by atoms with E-state index in [1.54, 1.807) is 16.4 Å². The Bertz CT molecular complexity index is 1150. The molecule has 2 atom stereocenters. The number of sulfonamides is 1. The number of piperidine rings is 1. The van der Waals surface area contributed by atoms with Gasteiger partial charge in [-0.15, -0.1) is 0 Å². The molecule has 2 aromatic rings. The van der Waals surface area contributed by atoms with Crippen molar-refractivity contribution in [3.63, 3.8) is 0 Å². The van der Waals surface area contributed by atoms with Crippen LogP contribution in [0.4, 0.5) is 5.69 Å². The maximum absolute atomic E-state index is 13.3. The lowest BCUT2D eigenvalue weighted by molar-refractivity contribution is -0.120. The van der Waals surface area contributed by atoms with Crippen LogP contribution < -0.4 is 20.5 Å². The van der Waals surface area contributed by atoms with E-state index in [0.29, 0.717) is 31.8 Å². The maximum Gasteiger partial charge on any atom is 0.246 e. The van der Waals surface area contributed by atoms with E-state index in [0.717, 1.165) is 36.9 Å². The van der Waals surface area contributed by atoms with Gasteiger partial charge in [0.1, 0.15) is 16.7 Å². The Hall–Kier alpha value is -2.46. The lowest BCUT2D eigenvalue weighted by Gasteiger charge is -2.27. The van der Waals surface area contributed by atoms with Crippen molar-refractivity contribution < 1.29 is 17.9 Å². The summed E-state index contributed by atoms with van der Waals surface area (Å²) in [7, 11) is -2.16. The molecule has 0 bridgehead atoms. The molecule has 2 unspecified atom stereocenters. The van der Waals surface area contributed by atoms with Gasteiger partial charge >= 0.3 is 0 Å². The second kappa shape index (κ2) is 9.06. The van der Waals surface area contributed by atoms with E-state index < -0.39 is 10.0 Å². The van der Waals surface area contributed by atoms with Gasteiger partial charge in [-0.2, -0.15) is 4.31 Å². The maximum atomic E-state index is 13.3. The molecule has 0 radical (unpaired) electrons. The molecule has 8 nitrogen and oxygen atoms in total. The van der Waals surface area contributed by atoms with Gasteiger partial charge in [0.15, 0.2) is 0 Å². The smallest absolute Gasteiger partial charge is 0.246 e. The number of anilines is 1. The molecule has 2 aromatic carbocycles. The zero-order valence-electron chi connectivity index (χ0n) is 18.8. The van der Waals surface area contributed by atoms with Gasteiger partial charge in [-0.1, -0.05) is 30.7 Å². The van der Waals surface area contributed by atoms with Crippen LogP contribution in [0.2, 0.25) is 0 Å². The van der Waals surface area contributed by atoms with E-state index in [2.05, 4.69) is 16.9 Å². The molecular weight excluding hydrogens is 440 g/mol. The van der Waals surface area contributed by atoms with E-state index >= 15 is 0 Å². The molecule has 0 aromatic heterocycles. The van der Waals surface area contributed by atoms with Gasteiger partial charge in [0.2, 0.25) is 15.9 Å². The van der Waals surface area contributed by atoms with Crippen LogP contribution in [-0.2, 0) is 21.2 Å². The molecule has 3 aliphatic rings. The number of nitrogens with one attached hydrogen (secondary N) is 2. The predicted octanol–water partition coefficient (Wildman–Crippen LogP) is 2.37. The first kappa shape index (κ1) is 22.3. The quantitative estimate of drug-likeness (QED) is 0.697. The van der Waals surface area contributed by atoms with E-state index in [1.165, 1.54) is 12.7 Å². The number of nitrogens with zero attached hydrogens (tertiary/aromatic N) is 2. The minimum absolute atomic E-state index is 0.0321. The predicted molar refractivity (Wildman–Crippen MR) is 126 cm³/mol. The van der Waals surface area contributed by atoms with Crippen LogP contribution in [0, 0.1) is 0 Å². The molecule has 176 valence electrons. The number of benzene rings is 2. The first-order valence-electron chi connectivity index (χ1n) is 11.6. The lowest BCUT2D eigenvalue weighted by atomic mass is 10.0. The second-order valence-electron chi connectivity index (χ2n) is 8.87. The topological polar surface area (TPSA) is 91.0 Å². The number of carbonyl (C=O) groups is 1. The lowest BCUT2D eigenvalue weighted by Crippen LogP contribution is -2.45. The van der Waals surface area contributed by atoms with Crippen molar-refractivity contribution >= 4 is 21.6 Å². The third kappa shape index (κ3) is 4.14. The van der Waals surface area contributed by atoms with Crippen LogP contribution in [0.1, 0.15) is 42.9 Å². The van der Waals surface area contributed by atoms with Crippen LogP contribution in [0.5, 0.6) is 5.75 Å². The summed E-state index contributed by atoms with van der Waals surface area (Å²) in [6.07, 6.45) is 4.20. The number of hydrogen-bond donors (Lipinski definition) is 2. The largest absolute Gasteiger partial charge is 0.495 e. The highest BCUT2D eigenvalue weighted by atomic mass is 32.2. The summed E-state index contributed by atoms with van der Waals surface area (Å²) in [5, 5.41) is 0. The van der Waals surface area contributed by atoms with Crippen molar-refractivity contribution in [2.45, 2.75) is 49.1 Å². The first-order valence-corrected chi connectivity index (χ1v) is 13.0. The van der Waals surface area contributed by atoms with Gasteiger partial charge in [-0.25, -0.2) is 19.3 Å². The number of ether oxygens (including phenoxy) is 1. The molecule has 2 saturated heterocycles. The van der Waals surface area contributed by atoms with Crippen molar-refractivity contribution in [3.05, 3.63) is 53.6 Å². The summed E-state index contributed by atoms with van der Waals surface area (Å²) in [4.78, 5) is 15.3. The zero-order chi connectivity index (χ0) is 23.0. The summed E-state index contributed by atoms with van der Waals surface area (Å²) in [6.45, 7) is 1.75. The van der Waals surface area contributed by atoms with Crippen LogP contribution >= 0.6 is 0 Å². The average Bonchev–Trinajstić information content (AvgIpc) is 3.52. The Kier molecular flexibility index (Phi) is 6.13. The van der Waals surface area contributed by atoms with E-state index in [4.69, 9.17) is 4.74 Å². The van der Waals surface area contributed by atoms with Crippen LogP contribution in [0.25, 0.3) is 0 Å². The van der Waals surface area contributed by atoms with Gasteiger partial charge < -0.3 is 9.64 Å². The highest BCUT2D eigenvalue weighted by Crippen LogP contribution is 2.34. The highest BCUT2D eigenvalue weighted by Gasteiger charge is 2.36. The summed E-state index contributed by atoms with van der Waals surface area (Å²) >= 11 is 0. The number of fused-ring (bicyclic) bond motifs is 1. The number of rotatable bonds is 5. The van der Waals surface area contributed by atoms with E-state index in [9.17, 15) is 13.2 Å². The number of amides is 1. The molecule has 2 fully saturated rings. The van der Waals surface area contributed by atoms with Crippen molar-refractivity contribution in [1.82, 2.24) is 15.2 Å². The van der Waals surface area contributed by atoms with Gasteiger partial charge in [0.05, 0.1) is 7.11 Å². The fourth-order valence-corrected chi connectivity index (χ4v) is 6.76. The molecule has 2 N–H and O–H groups in total. The molecule has 9 heteroatoms. The Balaban J connectivity index is 1.35. The van der Waals surface area contributed by atoms with Gasteiger partial charge in [-0.05, 0) is 55.0 Å². The Labute approximate surface area is 194 Å². The highest BCUT2D eigenvalue weighted by molar-refractivity contribution is 7.89. The van der Waals surface area contributed by atoms with Crippen molar-refractivity contribution in [1.29, 1.82) is 0 Å². The monoisotopic (exact) mass is 470 g/mol. The van der Waals surface area contributed by atoms with Gasteiger partial charge in [0.25, 0.3) is 0 Å². The number of carbonyl (C=O) groups excluding carboxylic acids is 1. The third-order valence-electron chi connectivity index (χ3n) is 6.88. The van der Waals surface area contributed by atoms with E-state index in [1.807, 2.05) is 29.2 Å². The molecule has 1 amide bonds. The zero-order valence-corrected chi connectivity index (χ0v) is 19.6. The van der Waals surface area contributed by atoms with Crippen molar-refractivity contribution in [2.24, 2.45) is 0 Å². The fraction of sp³-hybridized carbons (Fsp3) is 0.458. The minimum atomic E-state index is -3.65. The number of para-hydroxylation sites is 1. The molecule has 0 aliphatic carbocycles. The summed E-state index contributed by atoms with van der Waals surface area (Å²) in [6, 6.07) is 12.7. The second-order valence-corrected chi connectivity index (χ2v) is 10.8. The minimum Gasteiger partial charge on any atom is -0.495 e. The molecule has 33 heavy (non-hydrogen) atoms. The standard InChI is InChI=1S/C24H30N4O4S/c1-32-22-10-9-18(15-23(22)33(30,31)27-12-5-2-6-13-27)19-16-20(26-25-19)24(29)28-14-11-17-7-3-4-8-21(17)28/h3-4,7-10,15,19-20,25-26H,2,5-6,11-14,16H2,1H3. The number of hydrogen-bond acceptors (Lipinski definition) is 6. The average molecular weight is 471 g/mol. The Morgan fingerprint density at radius 2 is 1.82 bits per heavy atom. The fourth-order valence-electron chi connectivity index (χ4n) is 5.05. The Morgan fingerprint density at radius 3 is 2.61 bits per heavy atom. The summed E-state index contributed by atoms with van der Waals surface area (Å²) in [5.74, 6) is 0.376. The van der Waals surface area contributed by atoms with Crippen molar-refractivity contribution in [3.8, 4) is 5.75 Å². The molecule has 0 spiro atoms. The molecule has 3 heterocycles. The van der Waals surface area contributed by atoms with Crippen molar-refractivity contribution in [2.75, 3.05) is 31.6 Å². The first-order chi connectivity index (χ1) is 16.0. The Morgan fingerprint density at radius 1 is 1.03 bits per heavy atom. The third-order valence-corrected chi connectivity index (χ3v) is 8.80. The molecule has 0 saturated carbocycles. The van der Waals surface area contributed by atoms with Crippen LogP contribution in [0.3, 0.4) is 0 Å². The molecular formula is C24H30N4O4S. The molecule has 5 rings (SSSR count). The SMILES string of the molecule is COc1ccc(C2CC(C(=O)N3CCc4ccccc43)NN2)cc1S(=O)(=O)N1CCCCC1.